The van der Waals surface area contributed by atoms with Gasteiger partial charge in [0.05, 0.1) is 18.2 Å². The lowest BCUT2D eigenvalue weighted by atomic mass is 10.1. The molecule has 2 aromatic carbocycles. The van der Waals surface area contributed by atoms with Crippen LogP contribution in [0.1, 0.15) is 24.5 Å². The average Bonchev–Trinajstić information content (AvgIpc) is 3.18. The van der Waals surface area contributed by atoms with E-state index in [2.05, 4.69) is 10.3 Å². The number of nitrogens with one attached hydrogen (secondary N) is 1. The van der Waals surface area contributed by atoms with Gasteiger partial charge in [-0.15, -0.1) is 0 Å². The smallest absolute Gasteiger partial charge is 0.229 e. The predicted octanol–water partition coefficient (Wildman–Crippen LogP) is 4.06. The number of benzene rings is 2. The van der Waals surface area contributed by atoms with Crippen molar-refractivity contribution >= 4 is 23.2 Å². The SMILES string of the molecule is CCOc1ccccc1N1CC(C(=O)Nc2ccc(Cc3ccncc3)cc2)CC1=O. The van der Waals surface area contributed by atoms with Crippen LogP contribution >= 0.6 is 0 Å². The van der Waals surface area contributed by atoms with E-state index in [9.17, 15) is 9.59 Å². The van der Waals surface area contributed by atoms with E-state index in [-0.39, 0.29) is 18.2 Å². The van der Waals surface area contributed by atoms with Gasteiger partial charge in [0.2, 0.25) is 11.8 Å². The molecule has 0 radical (unpaired) electrons. The number of hydrogen-bond acceptors (Lipinski definition) is 4. The number of nitrogens with zero attached hydrogens (tertiary/aromatic N) is 2. The highest BCUT2D eigenvalue weighted by Crippen LogP contribution is 2.33. The van der Waals surface area contributed by atoms with Crippen LogP contribution in [0.4, 0.5) is 11.4 Å². The monoisotopic (exact) mass is 415 g/mol. The molecule has 158 valence electrons. The Hall–Kier alpha value is -3.67. The van der Waals surface area contributed by atoms with Crippen molar-refractivity contribution in [3.8, 4) is 5.75 Å². The fourth-order valence-electron chi connectivity index (χ4n) is 3.76. The van der Waals surface area contributed by atoms with Gasteiger partial charge in [0, 0.05) is 31.0 Å². The molecule has 1 fully saturated rings. The molecule has 6 nitrogen and oxygen atoms in total. The minimum Gasteiger partial charge on any atom is -0.492 e. The number of carbonyl (C=O) groups is 2. The lowest BCUT2D eigenvalue weighted by Crippen LogP contribution is -2.28. The lowest BCUT2D eigenvalue weighted by Gasteiger charge is -2.20. The number of rotatable bonds is 7. The molecular weight excluding hydrogens is 390 g/mol. The molecule has 0 saturated carbocycles. The highest BCUT2D eigenvalue weighted by Gasteiger charge is 2.36. The van der Waals surface area contributed by atoms with Crippen LogP contribution in [0.15, 0.2) is 73.1 Å². The summed E-state index contributed by atoms with van der Waals surface area (Å²) in [5, 5.41) is 2.95. The molecule has 1 aliphatic rings. The molecule has 1 N–H and O–H groups in total. The zero-order valence-electron chi connectivity index (χ0n) is 17.5. The first kappa shape index (κ1) is 20.6. The standard InChI is InChI=1S/C25H25N3O3/c1-2-31-23-6-4-3-5-22(23)28-17-20(16-24(28)29)25(30)27-21-9-7-18(8-10-21)15-19-11-13-26-14-12-19/h3-14,20H,2,15-17H2,1H3,(H,27,30). The minimum absolute atomic E-state index is 0.0694. The van der Waals surface area contributed by atoms with Crippen molar-refractivity contribution in [1.82, 2.24) is 4.98 Å². The maximum absolute atomic E-state index is 12.8. The third-order valence-electron chi connectivity index (χ3n) is 5.33. The first-order valence-corrected chi connectivity index (χ1v) is 10.4. The molecule has 3 aromatic rings. The number of hydrogen-bond donors (Lipinski definition) is 1. The minimum atomic E-state index is -0.404. The molecule has 1 atom stereocenters. The van der Waals surface area contributed by atoms with Crippen molar-refractivity contribution in [1.29, 1.82) is 0 Å². The number of anilines is 2. The van der Waals surface area contributed by atoms with Crippen LogP contribution < -0.4 is 15.0 Å². The summed E-state index contributed by atoms with van der Waals surface area (Å²) in [6.45, 7) is 2.76. The van der Waals surface area contributed by atoms with Crippen LogP contribution in [0.3, 0.4) is 0 Å². The van der Waals surface area contributed by atoms with Crippen molar-refractivity contribution in [2.24, 2.45) is 5.92 Å². The summed E-state index contributed by atoms with van der Waals surface area (Å²) in [6, 6.07) is 19.2. The Morgan fingerprint density at radius 3 is 2.52 bits per heavy atom. The normalized spacial score (nSPS) is 15.7. The first-order chi connectivity index (χ1) is 15.1. The largest absolute Gasteiger partial charge is 0.492 e. The average molecular weight is 415 g/mol. The molecule has 1 saturated heterocycles. The van der Waals surface area contributed by atoms with E-state index in [0.29, 0.717) is 24.6 Å². The van der Waals surface area contributed by atoms with Gasteiger partial charge in [-0.05, 0) is 60.9 Å². The van der Waals surface area contributed by atoms with Gasteiger partial charge < -0.3 is 15.0 Å². The zero-order chi connectivity index (χ0) is 21.6. The van der Waals surface area contributed by atoms with Crippen molar-refractivity contribution in [3.63, 3.8) is 0 Å². The van der Waals surface area contributed by atoms with Gasteiger partial charge in [-0.25, -0.2) is 0 Å². The van der Waals surface area contributed by atoms with Crippen LogP contribution in [0.25, 0.3) is 0 Å². The molecule has 0 spiro atoms. The Bertz CT molecular complexity index is 1050. The zero-order valence-corrected chi connectivity index (χ0v) is 17.5. The molecule has 1 aromatic heterocycles. The quantitative estimate of drug-likeness (QED) is 0.632. The van der Waals surface area contributed by atoms with Crippen LogP contribution in [0, 0.1) is 5.92 Å². The van der Waals surface area contributed by atoms with Gasteiger partial charge in [-0.2, -0.15) is 0 Å². The van der Waals surface area contributed by atoms with Crippen molar-refractivity contribution in [2.75, 3.05) is 23.4 Å². The summed E-state index contributed by atoms with van der Waals surface area (Å²) in [5.74, 6) is 0.0366. The van der Waals surface area contributed by atoms with Crippen LogP contribution in [-0.2, 0) is 16.0 Å². The van der Waals surface area contributed by atoms with Crippen LogP contribution in [-0.4, -0.2) is 29.9 Å². The molecule has 2 amide bonds. The van der Waals surface area contributed by atoms with E-state index in [1.807, 2.05) is 67.6 Å². The first-order valence-electron chi connectivity index (χ1n) is 10.4. The van der Waals surface area contributed by atoms with E-state index in [4.69, 9.17) is 4.74 Å². The summed E-state index contributed by atoms with van der Waals surface area (Å²) < 4.78 is 5.64. The Morgan fingerprint density at radius 1 is 1.06 bits per heavy atom. The van der Waals surface area contributed by atoms with E-state index in [1.54, 1.807) is 17.3 Å². The molecule has 1 unspecified atom stereocenters. The number of para-hydroxylation sites is 2. The second-order valence-electron chi connectivity index (χ2n) is 7.52. The second kappa shape index (κ2) is 9.43. The highest BCUT2D eigenvalue weighted by molar-refractivity contribution is 6.04. The summed E-state index contributed by atoms with van der Waals surface area (Å²) >= 11 is 0. The Labute approximate surface area is 181 Å². The van der Waals surface area contributed by atoms with Gasteiger partial charge in [-0.1, -0.05) is 24.3 Å². The molecule has 4 rings (SSSR count). The molecule has 0 aliphatic carbocycles. The van der Waals surface area contributed by atoms with Gasteiger partial charge in [0.15, 0.2) is 0 Å². The third-order valence-corrected chi connectivity index (χ3v) is 5.33. The van der Waals surface area contributed by atoms with Crippen molar-refractivity contribution in [3.05, 3.63) is 84.2 Å². The molecular formula is C25H25N3O3. The Kier molecular flexibility index (Phi) is 6.26. The molecule has 0 bridgehead atoms. The summed E-state index contributed by atoms with van der Waals surface area (Å²) in [4.78, 5) is 31.1. The number of aromatic nitrogens is 1. The van der Waals surface area contributed by atoms with Crippen molar-refractivity contribution < 1.29 is 14.3 Å². The highest BCUT2D eigenvalue weighted by atomic mass is 16.5. The number of carbonyl (C=O) groups excluding carboxylic acids is 2. The number of pyridine rings is 1. The third kappa shape index (κ3) is 4.91. The maximum atomic E-state index is 12.8. The summed E-state index contributed by atoms with van der Waals surface area (Å²) in [7, 11) is 0. The van der Waals surface area contributed by atoms with Gasteiger partial charge in [-0.3, -0.25) is 14.6 Å². The Balaban J connectivity index is 1.39. The van der Waals surface area contributed by atoms with Gasteiger partial charge in [0.1, 0.15) is 5.75 Å². The van der Waals surface area contributed by atoms with E-state index in [0.717, 1.165) is 17.7 Å². The molecule has 31 heavy (non-hydrogen) atoms. The molecule has 2 heterocycles. The second-order valence-corrected chi connectivity index (χ2v) is 7.52. The van der Waals surface area contributed by atoms with Crippen LogP contribution in [0.2, 0.25) is 0 Å². The fraction of sp³-hybridized carbons (Fsp3) is 0.240. The molecule has 1 aliphatic heterocycles. The maximum Gasteiger partial charge on any atom is 0.229 e. The van der Waals surface area contributed by atoms with E-state index in [1.165, 1.54) is 5.56 Å². The topological polar surface area (TPSA) is 71.5 Å². The van der Waals surface area contributed by atoms with E-state index < -0.39 is 5.92 Å². The fourth-order valence-corrected chi connectivity index (χ4v) is 3.76. The Morgan fingerprint density at radius 2 is 1.77 bits per heavy atom. The summed E-state index contributed by atoms with van der Waals surface area (Å²) in [5.41, 5.74) is 3.77. The number of ether oxygens (including phenoxy) is 1. The lowest BCUT2D eigenvalue weighted by molar-refractivity contribution is -0.122. The predicted molar refractivity (Wildman–Crippen MR) is 120 cm³/mol. The molecule has 6 heteroatoms. The van der Waals surface area contributed by atoms with E-state index >= 15 is 0 Å². The van der Waals surface area contributed by atoms with Gasteiger partial charge in [0.25, 0.3) is 0 Å². The van der Waals surface area contributed by atoms with Crippen LogP contribution in [0.5, 0.6) is 5.75 Å². The number of amides is 2. The van der Waals surface area contributed by atoms with Gasteiger partial charge >= 0.3 is 0 Å². The summed E-state index contributed by atoms with van der Waals surface area (Å²) in [6.07, 6.45) is 4.56. The van der Waals surface area contributed by atoms with Crippen molar-refractivity contribution in [2.45, 2.75) is 19.8 Å².